The van der Waals surface area contributed by atoms with Crippen molar-refractivity contribution in [3.05, 3.63) is 18.2 Å². The average Bonchev–Trinajstić information content (AvgIpc) is 2.46. The molecule has 1 amide bonds. The van der Waals surface area contributed by atoms with Gasteiger partial charge in [0.05, 0.1) is 32.9 Å². The van der Waals surface area contributed by atoms with Gasteiger partial charge >= 0.3 is 12.1 Å². The fourth-order valence-corrected chi connectivity index (χ4v) is 2.01. The fourth-order valence-electron chi connectivity index (χ4n) is 2.01. The minimum absolute atomic E-state index is 0.191. The van der Waals surface area contributed by atoms with Crippen molar-refractivity contribution < 1.29 is 28.9 Å². The summed E-state index contributed by atoms with van der Waals surface area (Å²) in [5.41, 5.74) is 0.448. The molecule has 1 rings (SSSR count). The number of carbonyl (C=O) groups excluding carboxylic acids is 1. The number of benzene rings is 1. The molecule has 1 unspecified atom stereocenters. The first-order chi connectivity index (χ1) is 10.4. The van der Waals surface area contributed by atoms with E-state index in [9.17, 15) is 9.59 Å². The molecule has 0 saturated carbocycles. The van der Waals surface area contributed by atoms with Crippen molar-refractivity contribution in [2.45, 2.75) is 26.3 Å². The van der Waals surface area contributed by atoms with Crippen LogP contribution < -0.4 is 14.4 Å². The Morgan fingerprint density at radius 3 is 2.14 bits per heavy atom. The number of amides is 1. The van der Waals surface area contributed by atoms with Gasteiger partial charge in [-0.1, -0.05) is 0 Å². The quantitative estimate of drug-likeness (QED) is 0.833. The second kappa shape index (κ2) is 8.11. The number of rotatable bonds is 7. The molecular weight excluding hydrogens is 290 g/mol. The van der Waals surface area contributed by atoms with E-state index in [2.05, 4.69) is 0 Å². The van der Waals surface area contributed by atoms with Crippen LogP contribution in [0.5, 0.6) is 11.5 Å². The van der Waals surface area contributed by atoms with Crippen LogP contribution in [-0.2, 0) is 9.53 Å². The van der Waals surface area contributed by atoms with Gasteiger partial charge in [0, 0.05) is 24.2 Å². The maximum Gasteiger partial charge on any atom is 0.414 e. The molecule has 0 aliphatic heterocycles. The molecule has 0 saturated heterocycles. The Morgan fingerprint density at radius 1 is 1.18 bits per heavy atom. The van der Waals surface area contributed by atoms with Crippen LogP contribution in [0.3, 0.4) is 0 Å². The van der Waals surface area contributed by atoms with E-state index < -0.39 is 18.1 Å². The average molecular weight is 311 g/mol. The highest BCUT2D eigenvalue weighted by Crippen LogP contribution is 2.30. The summed E-state index contributed by atoms with van der Waals surface area (Å²) in [5, 5.41) is 8.96. The van der Waals surface area contributed by atoms with Gasteiger partial charge in [-0.15, -0.1) is 0 Å². The number of aliphatic carboxylic acids is 1. The number of carboxylic acid groups (broad SMARTS) is 1. The molecular formula is C15H21NO6. The molecule has 1 aromatic rings. The molecule has 1 atom stereocenters. The Balaban J connectivity index is 3.24. The maximum absolute atomic E-state index is 12.2. The molecule has 0 aliphatic rings. The van der Waals surface area contributed by atoms with Crippen LogP contribution in [0.25, 0.3) is 0 Å². The van der Waals surface area contributed by atoms with E-state index in [1.54, 1.807) is 32.0 Å². The van der Waals surface area contributed by atoms with Gasteiger partial charge in [-0.2, -0.15) is 0 Å². The zero-order valence-corrected chi connectivity index (χ0v) is 13.2. The third-order valence-corrected chi connectivity index (χ3v) is 2.99. The number of anilines is 1. The molecule has 1 aromatic carbocycles. The fraction of sp³-hybridized carbons (Fsp3) is 0.467. The summed E-state index contributed by atoms with van der Waals surface area (Å²) >= 11 is 0. The highest BCUT2D eigenvalue weighted by atomic mass is 16.6. The molecule has 0 bridgehead atoms. The SMILES string of the molecule is CCOC(=O)N(c1cc(OC)cc(OC)c1)C(C)CC(=O)O. The van der Waals surface area contributed by atoms with Gasteiger partial charge in [0.25, 0.3) is 0 Å². The van der Waals surface area contributed by atoms with Crippen molar-refractivity contribution in [2.24, 2.45) is 0 Å². The number of methoxy groups -OCH3 is 2. The summed E-state index contributed by atoms with van der Waals surface area (Å²) in [7, 11) is 2.99. The molecule has 0 aliphatic carbocycles. The van der Waals surface area contributed by atoms with Crippen LogP contribution in [0.4, 0.5) is 10.5 Å². The highest BCUT2D eigenvalue weighted by Gasteiger charge is 2.26. The lowest BCUT2D eigenvalue weighted by Gasteiger charge is -2.28. The van der Waals surface area contributed by atoms with Crippen molar-refractivity contribution >= 4 is 17.7 Å². The van der Waals surface area contributed by atoms with Crippen LogP contribution in [0.2, 0.25) is 0 Å². The van der Waals surface area contributed by atoms with Crippen molar-refractivity contribution in [3.63, 3.8) is 0 Å². The third-order valence-electron chi connectivity index (χ3n) is 2.99. The van der Waals surface area contributed by atoms with E-state index in [4.69, 9.17) is 19.3 Å². The van der Waals surface area contributed by atoms with Crippen molar-refractivity contribution in [1.82, 2.24) is 0 Å². The number of ether oxygens (including phenoxy) is 3. The monoisotopic (exact) mass is 311 g/mol. The molecule has 7 nitrogen and oxygen atoms in total. The van der Waals surface area contributed by atoms with Gasteiger partial charge in [-0.3, -0.25) is 9.69 Å². The minimum Gasteiger partial charge on any atom is -0.497 e. The van der Waals surface area contributed by atoms with Gasteiger partial charge in [0.15, 0.2) is 0 Å². The Morgan fingerprint density at radius 2 is 1.73 bits per heavy atom. The number of nitrogens with zero attached hydrogens (tertiary/aromatic N) is 1. The first-order valence-corrected chi connectivity index (χ1v) is 6.83. The Kier molecular flexibility index (Phi) is 6.49. The van der Waals surface area contributed by atoms with Gasteiger partial charge in [0.1, 0.15) is 11.5 Å². The lowest BCUT2D eigenvalue weighted by Crippen LogP contribution is -2.40. The zero-order valence-electron chi connectivity index (χ0n) is 13.2. The lowest BCUT2D eigenvalue weighted by molar-refractivity contribution is -0.137. The van der Waals surface area contributed by atoms with Crippen LogP contribution in [0, 0.1) is 0 Å². The first kappa shape index (κ1) is 17.6. The zero-order chi connectivity index (χ0) is 16.7. The molecule has 22 heavy (non-hydrogen) atoms. The third kappa shape index (κ3) is 4.54. The van der Waals surface area contributed by atoms with Crippen molar-refractivity contribution in [1.29, 1.82) is 0 Å². The van der Waals surface area contributed by atoms with Crippen molar-refractivity contribution in [2.75, 3.05) is 25.7 Å². The maximum atomic E-state index is 12.2. The van der Waals surface area contributed by atoms with E-state index in [-0.39, 0.29) is 13.0 Å². The molecule has 7 heteroatoms. The van der Waals surface area contributed by atoms with Crippen LogP contribution in [0.1, 0.15) is 20.3 Å². The van der Waals surface area contributed by atoms with E-state index in [1.165, 1.54) is 19.1 Å². The highest BCUT2D eigenvalue weighted by molar-refractivity contribution is 5.89. The van der Waals surface area contributed by atoms with E-state index in [0.717, 1.165) is 0 Å². The van der Waals surface area contributed by atoms with Gasteiger partial charge in [-0.25, -0.2) is 4.79 Å². The Bertz CT molecular complexity index is 509. The number of hydrogen-bond acceptors (Lipinski definition) is 5. The molecule has 0 aromatic heterocycles. The van der Waals surface area contributed by atoms with Gasteiger partial charge in [0.2, 0.25) is 0 Å². The molecule has 0 fully saturated rings. The van der Waals surface area contributed by atoms with Gasteiger partial charge in [-0.05, 0) is 13.8 Å². The second-order valence-corrected chi connectivity index (χ2v) is 4.59. The number of carboxylic acids is 1. The predicted molar refractivity (Wildman–Crippen MR) is 80.8 cm³/mol. The Hall–Kier alpha value is -2.44. The summed E-state index contributed by atoms with van der Waals surface area (Å²) in [5.74, 6) is -0.0194. The first-order valence-electron chi connectivity index (χ1n) is 6.83. The number of carbonyl (C=O) groups is 2. The van der Waals surface area contributed by atoms with E-state index in [1.807, 2.05) is 0 Å². The van der Waals surface area contributed by atoms with E-state index in [0.29, 0.717) is 17.2 Å². The predicted octanol–water partition coefficient (Wildman–Crippen LogP) is 2.53. The normalized spacial score (nSPS) is 11.5. The molecule has 0 heterocycles. The summed E-state index contributed by atoms with van der Waals surface area (Å²) in [6.45, 7) is 3.51. The second-order valence-electron chi connectivity index (χ2n) is 4.59. The smallest absolute Gasteiger partial charge is 0.414 e. The number of hydrogen-bond donors (Lipinski definition) is 1. The minimum atomic E-state index is -1.00. The summed E-state index contributed by atoms with van der Waals surface area (Å²) in [4.78, 5) is 24.4. The molecule has 122 valence electrons. The summed E-state index contributed by atoms with van der Waals surface area (Å²) < 4.78 is 15.4. The Labute approximate surface area is 129 Å². The molecule has 0 spiro atoms. The summed E-state index contributed by atoms with van der Waals surface area (Å²) in [6.07, 6.45) is -0.829. The van der Waals surface area contributed by atoms with Crippen LogP contribution in [0.15, 0.2) is 18.2 Å². The van der Waals surface area contributed by atoms with E-state index >= 15 is 0 Å². The molecule has 0 radical (unpaired) electrons. The topological polar surface area (TPSA) is 85.3 Å². The standard InChI is InChI=1S/C15H21NO6/c1-5-22-15(19)16(10(2)6-14(17)18)11-7-12(20-3)9-13(8-11)21-4/h7-10H,5-6H2,1-4H3,(H,17,18). The summed E-state index contributed by atoms with van der Waals surface area (Å²) in [6, 6.07) is 4.32. The van der Waals surface area contributed by atoms with Gasteiger partial charge < -0.3 is 19.3 Å². The lowest BCUT2D eigenvalue weighted by atomic mass is 10.1. The van der Waals surface area contributed by atoms with Crippen LogP contribution >= 0.6 is 0 Å². The largest absolute Gasteiger partial charge is 0.497 e. The molecule has 1 N–H and O–H groups in total. The van der Waals surface area contributed by atoms with Crippen molar-refractivity contribution in [3.8, 4) is 11.5 Å². The van der Waals surface area contributed by atoms with Crippen LogP contribution in [-0.4, -0.2) is 44.0 Å².